The summed E-state index contributed by atoms with van der Waals surface area (Å²) in [7, 11) is 0. The molecule has 0 saturated carbocycles. The van der Waals surface area contributed by atoms with E-state index in [1.807, 2.05) is 6.07 Å². The minimum atomic E-state index is -0.535. The molecular weight excluding hydrogens is 318 g/mol. The first-order chi connectivity index (χ1) is 11.2. The summed E-state index contributed by atoms with van der Waals surface area (Å²) in [6.45, 7) is 0.0331. The fraction of sp³-hybridized carbons (Fsp3) is 0.176. The lowest BCUT2D eigenvalue weighted by atomic mass is 10.2. The van der Waals surface area contributed by atoms with E-state index in [2.05, 4.69) is 0 Å². The third kappa shape index (κ3) is 5.53. The van der Waals surface area contributed by atoms with Crippen LogP contribution in [0.4, 0.5) is 0 Å². The van der Waals surface area contributed by atoms with E-state index in [9.17, 15) is 4.79 Å². The summed E-state index contributed by atoms with van der Waals surface area (Å²) in [5.74, 6) is 0.419. The molecule has 0 saturated heterocycles. The van der Waals surface area contributed by atoms with E-state index >= 15 is 0 Å². The number of benzene rings is 2. The zero-order valence-electron chi connectivity index (χ0n) is 12.2. The number of nitrogens with zero attached hydrogens (tertiary/aromatic N) is 1. The highest BCUT2D eigenvalue weighted by Crippen LogP contribution is 2.17. The number of esters is 1. The lowest BCUT2D eigenvalue weighted by Gasteiger charge is -2.09. The van der Waals surface area contributed by atoms with Gasteiger partial charge >= 0.3 is 5.97 Å². The van der Waals surface area contributed by atoms with Gasteiger partial charge < -0.3 is 14.2 Å². The van der Waals surface area contributed by atoms with Crippen molar-refractivity contribution in [2.75, 3.05) is 19.8 Å². The molecule has 2 aromatic carbocycles. The Morgan fingerprint density at radius 3 is 2.70 bits per heavy atom. The molecular formula is C17H14ClNO4. The predicted octanol–water partition coefficient (Wildman–Crippen LogP) is 3.21. The number of hydrogen-bond donors (Lipinski definition) is 0. The molecule has 0 aliphatic rings. The first-order valence-corrected chi connectivity index (χ1v) is 7.23. The molecule has 5 nitrogen and oxygen atoms in total. The van der Waals surface area contributed by atoms with E-state index in [0.29, 0.717) is 22.1 Å². The highest BCUT2D eigenvalue weighted by atomic mass is 35.5. The SMILES string of the molecule is N#Cc1ccccc1OCC(=O)OCCOc1cccc(Cl)c1. The minimum absolute atomic E-state index is 0.0919. The molecule has 0 heterocycles. The van der Waals surface area contributed by atoms with Crippen LogP contribution in [0.1, 0.15) is 5.56 Å². The molecule has 0 aliphatic carbocycles. The molecule has 0 atom stereocenters. The Morgan fingerprint density at radius 2 is 1.91 bits per heavy atom. The smallest absolute Gasteiger partial charge is 0.344 e. The van der Waals surface area contributed by atoms with E-state index in [4.69, 9.17) is 31.1 Å². The highest BCUT2D eigenvalue weighted by Gasteiger charge is 2.07. The van der Waals surface area contributed by atoms with Gasteiger partial charge in [-0.05, 0) is 30.3 Å². The van der Waals surface area contributed by atoms with Gasteiger partial charge in [0.25, 0.3) is 0 Å². The van der Waals surface area contributed by atoms with Crippen molar-refractivity contribution in [1.82, 2.24) is 0 Å². The van der Waals surface area contributed by atoms with Crippen molar-refractivity contribution in [3.05, 3.63) is 59.1 Å². The normalized spacial score (nSPS) is 9.74. The summed E-state index contributed by atoms with van der Waals surface area (Å²) < 4.78 is 15.6. The zero-order chi connectivity index (χ0) is 16.5. The third-order valence-electron chi connectivity index (χ3n) is 2.76. The van der Waals surface area contributed by atoms with E-state index < -0.39 is 5.97 Å². The quantitative estimate of drug-likeness (QED) is 0.575. The lowest BCUT2D eigenvalue weighted by Crippen LogP contribution is -2.18. The number of rotatable bonds is 7. The van der Waals surface area contributed by atoms with Crippen LogP contribution in [0.25, 0.3) is 0 Å². The van der Waals surface area contributed by atoms with Gasteiger partial charge in [-0.1, -0.05) is 29.8 Å². The molecule has 0 radical (unpaired) electrons. The number of halogens is 1. The van der Waals surface area contributed by atoms with Gasteiger partial charge in [-0.2, -0.15) is 5.26 Å². The Balaban J connectivity index is 1.68. The molecule has 2 aromatic rings. The van der Waals surface area contributed by atoms with E-state index in [0.717, 1.165) is 0 Å². The molecule has 0 amide bonds. The van der Waals surface area contributed by atoms with Crippen molar-refractivity contribution >= 4 is 17.6 Å². The second-order valence-corrected chi connectivity index (χ2v) is 4.86. The van der Waals surface area contributed by atoms with Gasteiger partial charge in [0.15, 0.2) is 6.61 Å². The fourth-order valence-corrected chi connectivity index (χ4v) is 1.92. The molecule has 0 spiro atoms. The van der Waals surface area contributed by atoms with E-state index in [-0.39, 0.29) is 19.8 Å². The summed E-state index contributed by atoms with van der Waals surface area (Å²) >= 11 is 5.83. The average molecular weight is 332 g/mol. The van der Waals surface area contributed by atoms with E-state index in [1.54, 1.807) is 48.5 Å². The van der Waals surface area contributed by atoms with Crippen molar-refractivity contribution in [2.45, 2.75) is 0 Å². The largest absolute Gasteiger partial charge is 0.490 e. The number of ether oxygens (including phenoxy) is 3. The van der Waals surface area contributed by atoms with Crippen LogP contribution in [0.3, 0.4) is 0 Å². The molecule has 2 rings (SSSR count). The zero-order valence-corrected chi connectivity index (χ0v) is 13.0. The Morgan fingerprint density at radius 1 is 1.09 bits per heavy atom. The lowest BCUT2D eigenvalue weighted by molar-refractivity contribution is -0.146. The van der Waals surface area contributed by atoms with Gasteiger partial charge in [0.05, 0.1) is 5.56 Å². The van der Waals surface area contributed by atoms with Crippen molar-refractivity contribution in [1.29, 1.82) is 5.26 Å². The maximum atomic E-state index is 11.6. The summed E-state index contributed by atoms with van der Waals surface area (Å²) in [4.78, 5) is 11.6. The van der Waals surface area contributed by atoms with Crippen LogP contribution in [0.15, 0.2) is 48.5 Å². The summed E-state index contributed by atoms with van der Waals surface area (Å²) in [6.07, 6.45) is 0. The number of para-hydroxylation sites is 1. The summed E-state index contributed by atoms with van der Waals surface area (Å²) in [5, 5.41) is 9.49. The van der Waals surface area contributed by atoms with Crippen molar-refractivity contribution < 1.29 is 19.0 Å². The van der Waals surface area contributed by atoms with Crippen LogP contribution in [0.5, 0.6) is 11.5 Å². The van der Waals surface area contributed by atoms with Crippen LogP contribution in [0.2, 0.25) is 5.02 Å². The van der Waals surface area contributed by atoms with E-state index in [1.165, 1.54) is 0 Å². The van der Waals surface area contributed by atoms with Gasteiger partial charge in [0.1, 0.15) is 30.8 Å². The van der Waals surface area contributed by atoms with Gasteiger partial charge in [0, 0.05) is 5.02 Å². The minimum Gasteiger partial charge on any atom is -0.490 e. The topological polar surface area (TPSA) is 68.5 Å². The number of nitriles is 1. The molecule has 118 valence electrons. The van der Waals surface area contributed by atoms with Gasteiger partial charge in [-0.3, -0.25) is 0 Å². The second kappa shape index (κ2) is 8.66. The fourth-order valence-electron chi connectivity index (χ4n) is 1.74. The number of hydrogen-bond acceptors (Lipinski definition) is 5. The first-order valence-electron chi connectivity index (χ1n) is 6.85. The highest BCUT2D eigenvalue weighted by molar-refractivity contribution is 6.30. The van der Waals surface area contributed by atoms with Gasteiger partial charge in [-0.25, -0.2) is 4.79 Å². The molecule has 6 heteroatoms. The molecule has 0 N–H and O–H groups in total. The van der Waals surface area contributed by atoms with Crippen molar-refractivity contribution in [3.8, 4) is 17.6 Å². The van der Waals surface area contributed by atoms with Gasteiger partial charge in [0.2, 0.25) is 0 Å². The van der Waals surface area contributed by atoms with Crippen LogP contribution in [-0.2, 0) is 9.53 Å². The molecule has 0 aliphatic heterocycles. The van der Waals surface area contributed by atoms with Crippen LogP contribution >= 0.6 is 11.6 Å². The molecule has 0 fully saturated rings. The molecule has 0 aromatic heterocycles. The maximum absolute atomic E-state index is 11.6. The van der Waals surface area contributed by atoms with Crippen LogP contribution in [-0.4, -0.2) is 25.8 Å². The Kier molecular flexibility index (Phi) is 6.28. The molecule has 0 unspecified atom stereocenters. The number of carbonyl (C=O) groups is 1. The summed E-state index contributed by atoms with van der Waals surface area (Å²) in [5.41, 5.74) is 0.365. The van der Waals surface area contributed by atoms with Crippen LogP contribution < -0.4 is 9.47 Å². The average Bonchev–Trinajstić information content (AvgIpc) is 2.57. The second-order valence-electron chi connectivity index (χ2n) is 4.42. The first kappa shape index (κ1) is 16.7. The Bertz CT molecular complexity index is 712. The van der Waals surface area contributed by atoms with Crippen LogP contribution in [0, 0.1) is 11.3 Å². The van der Waals surface area contributed by atoms with Crippen molar-refractivity contribution in [3.63, 3.8) is 0 Å². The monoisotopic (exact) mass is 331 g/mol. The standard InChI is InChI=1S/C17H14ClNO4/c18-14-5-3-6-15(10-14)21-8-9-22-17(20)12-23-16-7-2-1-4-13(16)11-19/h1-7,10H,8-9,12H2. The Hall–Kier alpha value is -2.71. The predicted molar refractivity (Wildman–Crippen MR) is 84.6 cm³/mol. The number of carbonyl (C=O) groups excluding carboxylic acids is 1. The third-order valence-corrected chi connectivity index (χ3v) is 3.00. The molecule has 0 bridgehead atoms. The summed E-state index contributed by atoms with van der Waals surface area (Å²) in [6, 6.07) is 15.6. The molecule has 23 heavy (non-hydrogen) atoms. The maximum Gasteiger partial charge on any atom is 0.344 e. The van der Waals surface area contributed by atoms with Crippen molar-refractivity contribution in [2.24, 2.45) is 0 Å². The van der Waals surface area contributed by atoms with Gasteiger partial charge in [-0.15, -0.1) is 0 Å². The Labute approximate surface area is 139 Å².